The number of carbonyl (C=O) groups is 2. The van der Waals surface area contributed by atoms with Gasteiger partial charge >= 0.3 is 6.18 Å². The van der Waals surface area contributed by atoms with E-state index < -0.39 is 11.7 Å². The van der Waals surface area contributed by atoms with E-state index in [9.17, 15) is 22.8 Å². The van der Waals surface area contributed by atoms with E-state index in [1.807, 2.05) is 54.6 Å². The van der Waals surface area contributed by atoms with Crippen LogP contribution in [0.5, 0.6) is 0 Å². The van der Waals surface area contributed by atoms with Gasteiger partial charge < -0.3 is 4.90 Å². The number of anilines is 1. The van der Waals surface area contributed by atoms with Crippen molar-refractivity contribution in [3.8, 4) is 11.1 Å². The fourth-order valence-electron chi connectivity index (χ4n) is 3.89. The average molecular weight is 452 g/mol. The molecule has 0 spiro atoms. The maximum Gasteiger partial charge on any atom is 0.416 e. The fourth-order valence-corrected chi connectivity index (χ4v) is 3.89. The van der Waals surface area contributed by atoms with Crippen molar-refractivity contribution >= 4 is 17.5 Å². The molecule has 2 amide bonds. The number of nitrogens with zero attached hydrogens (tertiary/aromatic N) is 2. The summed E-state index contributed by atoms with van der Waals surface area (Å²) in [7, 11) is 0. The molecule has 1 aliphatic heterocycles. The highest BCUT2D eigenvalue weighted by atomic mass is 19.4. The van der Waals surface area contributed by atoms with Crippen molar-refractivity contribution in [3.63, 3.8) is 0 Å². The van der Waals surface area contributed by atoms with E-state index in [1.54, 1.807) is 0 Å². The first-order valence-electron chi connectivity index (χ1n) is 10.7. The highest BCUT2D eigenvalue weighted by molar-refractivity contribution is 5.95. The Kier molecular flexibility index (Phi) is 6.49. The largest absolute Gasteiger partial charge is 0.416 e. The summed E-state index contributed by atoms with van der Waals surface area (Å²) >= 11 is 0. The Morgan fingerprint density at radius 3 is 2.24 bits per heavy atom. The Balaban J connectivity index is 1.57. The summed E-state index contributed by atoms with van der Waals surface area (Å²) in [6.45, 7) is 0.411. The number of carbonyl (C=O) groups excluding carboxylic acids is 2. The van der Waals surface area contributed by atoms with Crippen LogP contribution in [0.3, 0.4) is 0 Å². The van der Waals surface area contributed by atoms with Crippen molar-refractivity contribution in [1.82, 2.24) is 4.90 Å². The van der Waals surface area contributed by atoms with Crippen LogP contribution in [0.15, 0.2) is 78.9 Å². The third kappa shape index (κ3) is 5.42. The highest BCUT2D eigenvalue weighted by Gasteiger charge is 2.32. The predicted octanol–water partition coefficient (Wildman–Crippen LogP) is 5.53. The Labute approximate surface area is 190 Å². The molecule has 0 aromatic heterocycles. The Morgan fingerprint density at radius 2 is 1.61 bits per heavy atom. The van der Waals surface area contributed by atoms with Gasteiger partial charge in [-0.2, -0.15) is 13.2 Å². The first kappa shape index (κ1) is 22.6. The lowest BCUT2D eigenvalue weighted by molar-refractivity contribution is -0.137. The number of rotatable bonds is 6. The summed E-state index contributed by atoms with van der Waals surface area (Å²) in [5, 5.41) is 0. The van der Waals surface area contributed by atoms with Crippen molar-refractivity contribution in [1.29, 1.82) is 0 Å². The van der Waals surface area contributed by atoms with Gasteiger partial charge in [-0.1, -0.05) is 60.7 Å². The van der Waals surface area contributed by atoms with Crippen molar-refractivity contribution < 1.29 is 22.8 Å². The molecule has 0 atom stereocenters. The number of halogens is 3. The van der Waals surface area contributed by atoms with Crippen molar-refractivity contribution in [2.45, 2.75) is 25.4 Å². The molecular weight excluding hydrogens is 429 g/mol. The molecule has 7 heteroatoms. The molecule has 4 nitrogen and oxygen atoms in total. The lowest BCUT2D eigenvalue weighted by Gasteiger charge is -2.28. The number of hydrogen-bond donors (Lipinski definition) is 0. The van der Waals surface area contributed by atoms with Crippen LogP contribution < -0.4 is 4.90 Å². The molecule has 1 fully saturated rings. The lowest BCUT2D eigenvalue weighted by atomic mass is 10.0. The second-order valence-electron chi connectivity index (χ2n) is 8.01. The molecule has 3 aromatic carbocycles. The molecule has 33 heavy (non-hydrogen) atoms. The van der Waals surface area contributed by atoms with Gasteiger partial charge in [0.2, 0.25) is 11.8 Å². The number of amides is 2. The minimum Gasteiger partial charge on any atom is -0.324 e. The van der Waals surface area contributed by atoms with Crippen LogP contribution in [-0.2, 0) is 22.2 Å². The van der Waals surface area contributed by atoms with Gasteiger partial charge in [-0.25, -0.2) is 0 Å². The molecule has 0 N–H and O–H groups in total. The minimum atomic E-state index is -4.53. The summed E-state index contributed by atoms with van der Waals surface area (Å²) in [6, 6.07) is 22.0. The molecular formula is C26H23F3N2O2. The molecule has 1 heterocycles. The van der Waals surface area contributed by atoms with Crippen LogP contribution in [0, 0.1) is 0 Å². The summed E-state index contributed by atoms with van der Waals surface area (Å²) in [6.07, 6.45) is -3.47. The number of hydrogen-bond acceptors (Lipinski definition) is 2. The molecule has 0 radical (unpaired) electrons. The maximum atomic E-state index is 13.3. The van der Waals surface area contributed by atoms with E-state index >= 15 is 0 Å². The average Bonchev–Trinajstić information content (AvgIpc) is 3.22. The van der Waals surface area contributed by atoms with Crippen molar-refractivity contribution in [2.24, 2.45) is 0 Å². The Hall–Kier alpha value is -3.61. The first-order valence-corrected chi connectivity index (χ1v) is 10.7. The highest BCUT2D eigenvalue weighted by Crippen LogP contribution is 2.32. The second-order valence-corrected chi connectivity index (χ2v) is 8.01. The number of benzene rings is 3. The summed E-state index contributed by atoms with van der Waals surface area (Å²) in [5.41, 5.74) is 2.08. The van der Waals surface area contributed by atoms with E-state index in [0.717, 1.165) is 28.8 Å². The van der Waals surface area contributed by atoms with Gasteiger partial charge in [0.05, 0.1) is 12.0 Å². The van der Waals surface area contributed by atoms with Gasteiger partial charge in [-0.3, -0.25) is 14.5 Å². The monoisotopic (exact) mass is 452 g/mol. The molecule has 1 aliphatic rings. The van der Waals surface area contributed by atoms with Crippen LogP contribution in [-0.4, -0.2) is 29.9 Å². The van der Waals surface area contributed by atoms with E-state index in [2.05, 4.69) is 0 Å². The molecule has 3 aromatic rings. The van der Waals surface area contributed by atoms with Crippen LogP contribution in [0.25, 0.3) is 11.1 Å². The smallest absolute Gasteiger partial charge is 0.324 e. The molecule has 0 saturated carbocycles. The first-order chi connectivity index (χ1) is 15.8. The van der Waals surface area contributed by atoms with Gasteiger partial charge in [0.1, 0.15) is 6.67 Å². The van der Waals surface area contributed by atoms with Gasteiger partial charge in [0, 0.05) is 18.7 Å². The number of likely N-dealkylation sites (tertiary alicyclic amines) is 1. The van der Waals surface area contributed by atoms with Gasteiger partial charge in [-0.15, -0.1) is 0 Å². The zero-order chi connectivity index (χ0) is 23.4. The topological polar surface area (TPSA) is 40.6 Å². The molecule has 170 valence electrons. The zero-order valence-corrected chi connectivity index (χ0v) is 17.9. The van der Waals surface area contributed by atoms with E-state index in [1.165, 1.54) is 21.9 Å². The quantitative estimate of drug-likeness (QED) is 0.494. The molecule has 0 aliphatic carbocycles. The van der Waals surface area contributed by atoms with E-state index in [4.69, 9.17) is 0 Å². The minimum absolute atomic E-state index is 0.00729. The van der Waals surface area contributed by atoms with Gasteiger partial charge in [0.25, 0.3) is 0 Å². The maximum absolute atomic E-state index is 13.3. The Bertz CT molecular complexity index is 1130. The summed E-state index contributed by atoms with van der Waals surface area (Å²) in [5.74, 6) is -0.478. The Morgan fingerprint density at radius 1 is 0.909 bits per heavy atom. The van der Waals surface area contributed by atoms with Crippen molar-refractivity contribution in [3.05, 3.63) is 90.0 Å². The molecule has 0 bridgehead atoms. The normalized spacial score (nSPS) is 13.9. The third-order valence-corrected chi connectivity index (χ3v) is 5.69. The van der Waals surface area contributed by atoms with E-state index in [-0.39, 0.29) is 30.6 Å². The van der Waals surface area contributed by atoms with Gasteiger partial charge in [-0.05, 0) is 41.3 Å². The summed E-state index contributed by atoms with van der Waals surface area (Å²) in [4.78, 5) is 28.1. The third-order valence-electron chi connectivity index (χ3n) is 5.69. The SMILES string of the molecule is O=C1CCCN1CN(C(=O)Cc1ccc(-c2ccccc2)cc1)c1cccc(C(F)(F)F)c1. The van der Waals surface area contributed by atoms with Crippen LogP contribution in [0.4, 0.5) is 18.9 Å². The number of alkyl halides is 3. The van der Waals surface area contributed by atoms with E-state index in [0.29, 0.717) is 19.4 Å². The zero-order valence-electron chi connectivity index (χ0n) is 17.9. The predicted molar refractivity (Wildman–Crippen MR) is 120 cm³/mol. The van der Waals surface area contributed by atoms with Crippen LogP contribution in [0.2, 0.25) is 0 Å². The molecule has 0 unspecified atom stereocenters. The molecule has 4 rings (SSSR count). The van der Waals surface area contributed by atoms with Crippen molar-refractivity contribution in [2.75, 3.05) is 18.1 Å². The lowest BCUT2D eigenvalue weighted by Crippen LogP contribution is -2.43. The van der Waals surface area contributed by atoms with Gasteiger partial charge in [0.15, 0.2) is 0 Å². The van der Waals surface area contributed by atoms with Crippen LogP contribution in [0.1, 0.15) is 24.0 Å². The van der Waals surface area contributed by atoms with Crippen LogP contribution >= 0.6 is 0 Å². The second kappa shape index (κ2) is 9.48. The molecule has 1 saturated heterocycles. The standard InChI is InChI=1S/C26H23F3N2O2/c27-26(28,29)22-8-4-9-23(17-22)31(18-30-15-5-10-24(30)32)25(33)16-19-11-13-21(14-12-19)20-6-2-1-3-7-20/h1-4,6-9,11-14,17H,5,10,15-16,18H2. The summed E-state index contributed by atoms with van der Waals surface area (Å²) < 4.78 is 39.8. The fraction of sp³-hybridized carbons (Fsp3) is 0.231.